The molecule has 0 heterocycles. The fourth-order valence-electron chi connectivity index (χ4n) is 3.71. The van der Waals surface area contributed by atoms with Gasteiger partial charge < -0.3 is 0 Å². The summed E-state index contributed by atoms with van der Waals surface area (Å²) in [5, 5.41) is 0. The van der Waals surface area contributed by atoms with Crippen LogP contribution in [0.25, 0.3) is 0 Å². The normalized spacial score (nSPS) is 14.4. The van der Waals surface area contributed by atoms with Crippen LogP contribution in [0.1, 0.15) is 40.5 Å². The van der Waals surface area contributed by atoms with E-state index in [4.69, 9.17) is 0 Å². The van der Waals surface area contributed by atoms with E-state index >= 15 is 0 Å². The van der Waals surface area contributed by atoms with E-state index < -0.39 is 18.4 Å². The van der Waals surface area contributed by atoms with Gasteiger partial charge in [0.1, 0.15) is 0 Å². The van der Waals surface area contributed by atoms with Crippen molar-refractivity contribution in [3.8, 4) is 0 Å². The van der Waals surface area contributed by atoms with Gasteiger partial charge in [-0.2, -0.15) is 0 Å². The standard InChI is InChI=1S/2C6H5.2C5H11.Sn/c2*1-2-4-6-5-3-1;2*1-4-5(2)3;/h2*1-5H;2*5H,2,4H2,1,3H3;/t;;2*5-;/m..00./s1. The topological polar surface area (TPSA) is 0 Å². The molecule has 0 saturated heterocycles. The van der Waals surface area contributed by atoms with Crippen molar-refractivity contribution < 1.29 is 0 Å². The van der Waals surface area contributed by atoms with Crippen LogP contribution in [-0.4, -0.2) is 18.4 Å². The molecular formula is C22H32Sn. The molecule has 0 bridgehead atoms. The average Bonchev–Trinajstić information content (AvgIpc) is 2.62. The Labute approximate surface area is 147 Å². The van der Waals surface area contributed by atoms with Crippen LogP contribution in [0.3, 0.4) is 0 Å². The number of rotatable bonds is 8. The second kappa shape index (κ2) is 8.91. The Morgan fingerprint density at radius 2 is 1.00 bits per heavy atom. The fourth-order valence-corrected chi connectivity index (χ4v) is 21.0. The summed E-state index contributed by atoms with van der Waals surface area (Å²) in [6, 6.07) is 23.0. The molecule has 124 valence electrons. The molecule has 0 radical (unpaired) electrons. The van der Waals surface area contributed by atoms with Gasteiger partial charge in [0.2, 0.25) is 0 Å². The Balaban J connectivity index is 2.57. The number of hydrogen-bond acceptors (Lipinski definition) is 0. The Bertz CT molecular complexity index is 508. The van der Waals surface area contributed by atoms with Crippen LogP contribution in [0.5, 0.6) is 0 Å². The first-order valence-electron chi connectivity index (χ1n) is 9.23. The summed E-state index contributed by atoms with van der Waals surface area (Å²) in [5.41, 5.74) is 0. The predicted octanol–water partition coefficient (Wildman–Crippen LogP) is 5.34. The van der Waals surface area contributed by atoms with Gasteiger partial charge in [-0.1, -0.05) is 0 Å². The van der Waals surface area contributed by atoms with Gasteiger partial charge in [-0.25, -0.2) is 0 Å². The van der Waals surface area contributed by atoms with E-state index in [2.05, 4.69) is 88.4 Å². The molecule has 0 aliphatic rings. The molecular weight excluding hydrogens is 383 g/mol. The second-order valence-corrected chi connectivity index (χ2v) is 19.1. The summed E-state index contributed by atoms with van der Waals surface area (Å²) in [5.74, 6) is 1.63. The zero-order chi connectivity index (χ0) is 16.7. The van der Waals surface area contributed by atoms with Gasteiger partial charge in [-0.05, 0) is 0 Å². The molecule has 0 aliphatic heterocycles. The second-order valence-electron chi connectivity index (χ2n) is 7.25. The summed E-state index contributed by atoms with van der Waals surface area (Å²) >= 11 is -2.66. The van der Waals surface area contributed by atoms with Crippen molar-refractivity contribution >= 4 is 25.5 Å². The summed E-state index contributed by atoms with van der Waals surface area (Å²) in [4.78, 5) is 0. The molecule has 2 atom stereocenters. The molecule has 0 aromatic heterocycles. The van der Waals surface area contributed by atoms with Crippen LogP contribution >= 0.6 is 0 Å². The van der Waals surface area contributed by atoms with Gasteiger partial charge in [-0.15, -0.1) is 0 Å². The maximum atomic E-state index is 2.45. The van der Waals surface area contributed by atoms with Crippen molar-refractivity contribution in [1.82, 2.24) is 0 Å². The van der Waals surface area contributed by atoms with Crippen LogP contribution in [-0.2, 0) is 0 Å². The molecule has 2 aromatic carbocycles. The minimum atomic E-state index is -2.66. The molecule has 1 heteroatoms. The summed E-state index contributed by atoms with van der Waals surface area (Å²) < 4.78 is 6.25. The van der Waals surface area contributed by atoms with Crippen molar-refractivity contribution in [2.75, 3.05) is 0 Å². The van der Waals surface area contributed by atoms with Crippen LogP contribution in [0.4, 0.5) is 0 Å². The SMILES string of the molecule is CC[C@H](C)[CH2][Sn]([CH2][C@@H](C)CC)([c]1ccccc1)[c]1ccccc1. The third kappa shape index (κ3) is 4.62. The maximum absolute atomic E-state index is 2.66. The van der Waals surface area contributed by atoms with Crippen molar-refractivity contribution in [2.24, 2.45) is 11.8 Å². The first-order chi connectivity index (χ1) is 11.1. The van der Waals surface area contributed by atoms with Crippen molar-refractivity contribution in [1.29, 1.82) is 0 Å². The van der Waals surface area contributed by atoms with Crippen molar-refractivity contribution in [3.63, 3.8) is 0 Å². The van der Waals surface area contributed by atoms with Crippen LogP contribution in [0, 0.1) is 11.8 Å². The van der Waals surface area contributed by atoms with Crippen LogP contribution in [0.2, 0.25) is 8.87 Å². The van der Waals surface area contributed by atoms with Crippen LogP contribution < -0.4 is 7.16 Å². The summed E-state index contributed by atoms with van der Waals surface area (Å²) in [6.45, 7) is 9.60. The van der Waals surface area contributed by atoms with E-state index in [0.717, 1.165) is 11.8 Å². The Morgan fingerprint density at radius 1 is 0.652 bits per heavy atom. The molecule has 2 rings (SSSR count). The number of benzene rings is 2. The zero-order valence-corrected chi connectivity index (χ0v) is 18.1. The van der Waals surface area contributed by atoms with Gasteiger partial charge in [0, 0.05) is 0 Å². The van der Waals surface area contributed by atoms with E-state index in [1.807, 2.05) is 0 Å². The molecule has 23 heavy (non-hydrogen) atoms. The van der Waals surface area contributed by atoms with Gasteiger partial charge >= 0.3 is 147 Å². The third-order valence-electron chi connectivity index (χ3n) is 5.44. The molecule has 0 amide bonds. The Kier molecular flexibility index (Phi) is 7.20. The molecule has 0 saturated carbocycles. The summed E-state index contributed by atoms with van der Waals surface area (Å²) in [7, 11) is 0. The van der Waals surface area contributed by atoms with E-state index in [9.17, 15) is 0 Å². The molecule has 0 nitrogen and oxygen atoms in total. The van der Waals surface area contributed by atoms with Gasteiger partial charge in [-0.3, -0.25) is 0 Å². The Hall–Kier alpha value is -0.761. The fraction of sp³-hybridized carbons (Fsp3) is 0.455. The van der Waals surface area contributed by atoms with Gasteiger partial charge in [0.05, 0.1) is 0 Å². The number of hydrogen-bond donors (Lipinski definition) is 0. The van der Waals surface area contributed by atoms with Crippen molar-refractivity contribution in [2.45, 2.75) is 49.4 Å². The quantitative estimate of drug-likeness (QED) is 0.511. The zero-order valence-electron chi connectivity index (χ0n) is 15.3. The third-order valence-corrected chi connectivity index (χ3v) is 21.6. The first kappa shape index (κ1) is 18.6. The molecule has 0 fully saturated rings. The molecule has 0 aliphatic carbocycles. The van der Waals surface area contributed by atoms with E-state index in [-0.39, 0.29) is 0 Å². The Morgan fingerprint density at radius 3 is 1.30 bits per heavy atom. The first-order valence-corrected chi connectivity index (χ1v) is 16.1. The van der Waals surface area contributed by atoms with Gasteiger partial charge in [0.25, 0.3) is 0 Å². The predicted molar refractivity (Wildman–Crippen MR) is 106 cm³/mol. The monoisotopic (exact) mass is 416 g/mol. The van der Waals surface area contributed by atoms with E-state index in [1.165, 1.54) is 21.7 Å². The molecule has 0 unspecified atom stereocenters. The van der Waals surface area contributed by atoms with Crippen molar-refractivity contribution in [3.05, 3.63) is 60.7 Å². The van der Waals surface area contributed by atoms with Crippen LogP contribution in [0.15, 0.2) is 60.7 Å². The minimum absolute atomic E-state index is 0.815. The average molecular weight is 415 g/mol. The van der Waals surface area contributed by atoms with Gasteiger partial charge in [0.15, 0.2) is 0 Å². The summed E-state index contributed by atoms with van der Waals surface area (Å²) in [6.07, 6.45) is 2.58. The molecule has 2 aromatic rings. The van der Waals surface area contributed by atoms with E-state index in [0.29, 0.717) is 0 Å². The molecule has 0 N–H and O–H groups in total. The molecule has 0 spiro atoms. The van der Waals surface area contributed by atoms with E-state index in [1.54, 1.807) is 7.16 Å².